The van der Waals surface area contributed by atoms with Gasteiger partial charge < -0.3 is 5.32 Å². The number of likely N-dealkylation sites (N-methyl/N-ethyl adjacent to an activating group) is 1. The van der Waals surface area contributed by atoms with Gasteiger partial charge in [0.1, 0.15) is 0 Å². The summed E-state index contributed by atoms with van der Waals surface area (Å²) in [5.41, 5.74) is 3.66. The zero-order valence-electron chi connectivity index (χ0n) is 11.1. The van der Waals surface area contributed by atoms with E-state index in [0.29, 0.717) is 6.04 Å². The highest BCUT2D eigenvalue weighted by Gasteiger charge is 2.11. The average molecular weight is 240 g/mol. The lowest BCUT2D eigenvalue weighted by atomic mass is 10.0. The predicted molar refractivity (Wildman–Crippen MR) is 75.5 cm³/mol. The van der Waals surface area contributed by atoms with Crippen LogP contribution >= 0.6 is 0 Å². The van der Waals surface area contributed by atoms with E-state index in [0.717, 1.165) is 18.7 Å². The molecule has 18 heavy (non-hydrogen) atoms. The number of hydrogen-bond acceptors (Lipinski definition) is 2. The lowest BCUT2D eigenvalue weighted by Crippen LogP contribution is -2.23. The molecule has 2 aromatic rings. The monoisotopic (exact) mass is 240 g/mol. The highest BCUT2D eigenvalue weighted by molar-refractivity contribution is 5.22. The SMILES string of the molecule is CCNC(Cc1ccc(C)cn1)c1ccccc1. The van der Waals surface area contributed by atoms with E-state index >= 15 is 0 Å². The number of nitrogens with one attached hydrogen (secondary N) is 1. The number of aromatic nitrogens is 1. The molecule has 0 saturated heterocycles. The van der Waals surface area contributed by atoms with Crippen LogP contribution in [0.25, 0.3) is 0 Å². The molecule has 1 N–H and O–H groups in total. The minimum absolute atomic E-state index is 0.339. The molecular formula is C16H20N2. The van der Waals surface area contributed by atoms with Crippen molar-refractivity contribution in [2.45, 2.75) is 26.3 Å². The summed E-state index contributed by atoms with van der Waals surface area (Å²) in [6, 6.07) is 15.1. The van der Waals surface area contributed by atoms with Gasteiger partial charge in [0, 0.05) is 24.4 Å². The van der Waals surface area contributed by atoms with E-state index in [9.17, 15) is 0 Å². The molecule has 1 aromatic carbocycles. The zero-order chi connectivity index (χ0) is 12.8. The van der Waals surface area contributed by atoms with E-state index in [1.807, 2.05) is 6.20 Å². The number of hydrogen-bond donors (Lipinski definition) is 1. The zero-order valence-corrected chi connectivity index (χ0v) is 11.1. The largest absolute Gasteiger partial charge is 0.310 e. The van der Waals surface area contributed by atoms with Crippen molar-refractivity contribution in [3.05, 3.63) is 65.5 Å². The Hall–Kier alpha value is -1.67. The van der Waals surface area contributed by atoms with Crippen molar-refractivity contribution in [3.8, 4) is 0 Å². The van der Waals surface area contributed by atoms with Gasteiger partial charge >= 0.3 is 0 Å². The molecule has 0 aliphatic carbocycles. The summed E-state index contributed by atoms with van der Waals surface area (Å²) in [4.78, 5) is 4.49. The van der Waals surface area contributed by atoms with Crippen LogP contribution in [0.5, 0.6) is 0 Å². The Balaban J connectivity index is 2.14. The first kappa shape index (κ1) is 12.8. The van der Waals surface area contributed by atoms with E-state index in [-0.39, 0.29) is 0 Å². The topological polar surface area (TPSA) is 24.9 Å². The van der Waals surface area contributed by atoms with Crippen LogP contribution < -0.4 is 5.32 Å². The maximum atomic E-state index is 4.49. The Morgan fingerprint density at radius 3 is 2.50 bits per heavy atom. The van der Waals surface area contributed by atoms with Crippen LogP contribution in [0.3, 0.4) is 0 Å². The lowest BCUT2D eigenvalue weighted by Gasteiger charge is -2.18. The van der Waals surface area contributed by atoms with E-state index < -0.39 is 0 Å². The number of nitrogens with zero attached hydrogens (tertiary/aromatic N) is 1. The summed E-state index contributed by atoms with van der Waals surface area (Å²) in [5.74, 6) is 0. The molecule has 0 radical (unpaired) electrons. The van der Waals surface area contributed by atoms with E-state index in [1.54, 1.807) is 0 Å². The minimum Gasteiger partial charge on any atom is -0.310 e. The van der Waals surface area contributed by atoms with Crippen LogP contribution in [0.4, 0.5) is 0 Å². The second kappa shape index (κ2) is 6.31. The molecule has 1 aromatic heterocycles. The van der Waals surface area contributed by atoms with Gasteiger partial charge in [-0.05, 0) is 30.7 Å². The van der Waals surface area contributed by atoms with Crippen LogP contribution in [0.2, 0.25) is 0 Å². The van der Waals surface area contributed by atoms with Gasteiger partial charge in [0.15, 0.2) is 0 Å². The van der Waals surface area contributed by atoms with Crippen LogP contribution in [0.1, 0.15) is 29.8 Å². The molecule has 0 amide bonds. The highest BCUT2D eigenvalue weighted by atomic mass is 14.9. The third-order valence-corrected chi connectivity index (χ3v) is 3.04. The van der Waals surface area contributed by atoms with Crippen molar-refractivity contribution in [1.82, 2.24) is 10.3 Å². The van der Waals surface area contributed by atoms with Crippen LogP contribution in [0, 0.1) is 6.92 Å². The molecule has 0 saturated carbocycles. The van der Waals surface area contributed by atoms with Crippen molar-refractivity contribution >= 4 is 0 Å². The average Bonchev–Trinajstić information content (AvgIpc) is 2.42. The Kier molecular flexibility index (Phi) is 4.48. The van der Waals surface area contributed by atoms with Gasteiger partial charge in [0.25, 0.3) is 0 Å². The van der Waals surface area contributed by atoms with Gasteiger partial charge in [-0.1, -0.05) is 43.3 Å². The van der Waals surface area contributed by atoms with Gasteiger partial charge in [0.2, 0.25) is 0 Å². The van der Waals surface area contributed by atoms with Gasteiger partial charge in [0.05, 0.1) is 0 Å². The third kappa shape index (κ3) is 3.41. The number of aryl methyl sites for hydroxylation is 1. The van der Waals surface area contributed by atoms with Gasteiger partial charge in [-0.15, -0.1) is 0 Å². The van der Waals surface area contributed by atoms with Crippen LogP contribution in [-0.4, -0.2) is 11.5 Å². The molecule has 2 nitrogen and oxygen atoms in total. The summed E-state index contributed by atoms with van der Waals surface area (Å²) >= 11 is 0. The maximum absolute atomic E-state index is 4.49. The van der Waals surface area contributed by atoms with Gasteiger partial charge in [-0.2, -0.15) is 0 Å². The molecule has 2 rings (SSSR count). The van der Waals surface area contributed by atoms with Crippen molar-refractivity contribution in [2.75, 3.05) is 6.54 Å². The molecule has 0 spiro atoms. The van der Waals surface area contributed by atoms with E-state index in [4.69, 9.17) is 0 Å². The Morgan fingerprint density at radius 1 is 1.11 bits per heavy atom. The Bertz CT molecular complexity index is 462. The van der Waals surface area contributed by atoms with Crippen molar-refractivity contribution < 1.29 is 0 Å². The summed E-state index contributed by atoms with van der Waals surface area (Å²) in [5, 5.41) is 3.52. The first-order valence-electron chi connectivity index (χ1n) is 6.49. The molecule has 1 heterocycles. The molecule has 0 aliphatic heterocycles. The Labute approximate surface area is 109 Å². The molecule has 94 valence electrons. The molecule has 1 unspecified atom stereocenters. The normalized spacial score (nSPS) is 12.3. The molecular weight excluding hydrogens is 220 g/mol. The number of benzene rings is 1. The van der Waals surface area contributed by atoms with Crippen molar-refractivity contribution in [1.29, 1.82) is 0 Å². The molecule has 0 fully saturated rings. The molecule has 1 atom stereocenters. The Morgan fingerprint density at radius 2 is 1.89 bits per heavy atom. The van der Waals surface area contributed by atoms with Gasteiger partial charge in [-0.25, -0.2) is 0 Å². The standard InChI is InChI=1S/C16H20N2/c1-3-17-16(14-7-5-4-6-8-14)11-15-10-9-13(2)12-18-15/h4-10,12,16-17H,3,11H2,1-2H3. The predicted octanol–water partition coefficient (Wildman–Crippen LogP) is 3.28. The second-order valence-electron chi connectivity index (χ2n) is 4.55. The van der Waals surface area contributed by atoms with Gasteiger partial charge in [-0.3, -0.25) is 4.98 Å². The summed E-state index contributed by atoms with van der Waals surface area (Å²) < 4.78 is 0. The molecule has 0 aliphatic rings. The fourth-order valence-electron chi connectivity index (χ4n) is 2.07. The quantitative estimate of drug-likeness (QED) is 0.867. The smallest absolute Gasteiger partial charge is 0.0422 e. The first-order chi connectivity index (χ1) is 8.79. The maximum Gasteiger partial charge on any atom is 0.0422 e. The van der Waals surface area contributed by atoms with E-state index in [2.05, 4.69) is 66.6 Å². The minimum atomic E-state index is 0.339. The van der Waals surface area contributed by atoms with Crippen molar-refractivity contribution in [2.24, 2.45) is 0 Å². The molecule has 0 bridgehead atoms. The highest BCUT2D eigenvalue weighted by Crippen LogP contribution is 2.17. The number of pyridine rings is 1. The fraction of sp³-hybridized carbons (Fsp3) is 0.312. The van der Waals surface area contributed by atoms with E-state index in [1.165, 1.54) is 11.1 Å². The third-order valence-electron chi connectivity index (χ3n) is 3.04. The summed E-state index contributed by atoms with van der Waals surface area (Å²) in [6.45, 7) is 5.17. The molecule has 2 heteroatoms. The van der Waals surface area contributed by atoms with Crippen LogP contribution in [-0.2, 0) is 6.42 Å². The number of rotatable bonds is 5. The fourth-order valence-corrected chi connectivity index (χ4v) is 2.07. The second-order valence-corrected chi connectivity index (χ2v) is 4.55. The summed E-state index contributed by atoms with van der Waals surface area (Å²) in [7, 11) is 0. The van der Waals surface area contributed by atoms with Crippen molar-refractivity contribution in [3.63, 3.8) is 0 Å². The first-order valence-corrected chi connectivity index (χ1v) is 6.49. The lowest BCUT2D eigenvalue weighted by molar-refractivity contribution is 0.544. The summed E-state index contributed by atoms with van der Waals surface area (Å²) in [6.07, 6.45) is 2.86. The van der Waals surface area contributed by atoms with Crippen LogP contribution in [0.15, 0.2) is 48.7 Å².